The summed E-state index contributed by atoms with van der Waals surface area (Å²) < 4.78 is 13.3. The van der Waals surface area contributed by atoms with E-state index in [1.807, 2.05) is 31.2 Å². The van der Waals surface area contributed by atoms with Crippen molar-refractivity contribution in [3.63, 3.8) is 0 Å². The van der Waals surface area contributed by atoms with Gasteiger partial charge in [-0.15, -0.1) is 0 Å². The lowest BCUT2D eigenvalue weighted by Crippen LogP contribution is -2.20. The number of amides is 2. The van der Waals surface area contributed by atoms with Gasteiger partial charge in [0.2, 0.25) is 5.95 Å². The molecule has 146 valence electrons. The Labute approximate surface area is 163 Å². The van der Waals surface area contributed by atoms with Crippen LogP contribution in [0.3, 0.4) is 0 Å². The fraction of sp³-hybridized carbons (Fsp3) is 0.190. The maximum Gasteiger partial charge on any atom is 0.323 e. The summed E-state index contributed by atoms with van der Waals surface area (Å²) >= 11 is 0. The Bertz CT molecular complexity index is 894. The number of allylic oxidation sites excluding steroid dienone is 5. The highest BCUT2D eigenvalue weighted by atomic mass is 19.1. The quantitative estimate of drug-likeness (QED) is 0.467. The second-order valence-electron chi connectivity index (χ2n) is 5.91. The van der Waals surface area contributed by atoms with Gasteiger partial charge in [0.15, 0.2) is 0 Å². The Hall–Kier alpha value is -3.32. The molecule has 2 heterocycles. The fourth-order valence-corrected chi connectivity index (χ4v) is 2.42. The number of aliphatic hydroxyl groups is 1. The molecule has 0 aliphatic heterocycles. The number of urea groups is 1. The molecule has 0 saturated carbocycles. The van der Waals surface area contributed by atoms with Gasteiger partial charge < -0.3 is 15.7 Å². The van der Waals surface area contributed by atoms with E-state index in [0.717, 1.165) is 23.8 Å². The Balaban J connectivity index is 2.01. The molecule has 7 heteroatoms. The van der Waals surface area contributed by atoms with Gasteiger partial charge in [-0.25, -0.2) is 9.78 Å². The first-order chi connectivity index (χ1) is 13.5. The number of pyridine rings is 2. The molecule has 6 nitrogen and oxygen atoms in total. The van der Waals surface area contributed by atoms with Gasteiger partial charge in [-0.2, -0.15) is 4.39 Å². The topological polar surface area (TPSA) is 87.1 Å². The Morgan fingerprint density at radius 3 is 2.86 bits per heavy atom. The van der Waals surface area contributed by atoms with Crippen molar-refractivity contribution in [1.82, 2.24) is 9.97 Å². The number of carbonyl (C=O) groups excluding carboxylic acids is 1. The first-order valence-electron chi connectivity index (χ1n) is 8.78. The second kappa shape index (κ2) is 10.7. The summed E-state index contributed by atoms with van der Waals surface area (Å²) in [7, 11) is 0. The number of aliphatic hydroxyl groups excluding tert-OH is 1. The van der Waals surface area contributed by atoms with Crippen LogP contribution < -0.4 is 10.6 Å². The van der Waals surface area contributed by atoms with Gasteiger partial charge in [-0.3, -0.25) is 4.98 Å². The summed E-state index contributed by atoms with van der Waals surface area (Å²) in [6, 6.07) is 3.93. The highest BCUT2D eigenvalue weighted by Crippen LogP contribution is 2.17. The number of rotatable bonds is 8. The zero-order chi connectivity index (χ0) is 20.4. The summed E-state index contributed by atoms with van der Waals surface area (Å²) in [6.45, 7) is 5.39. The molecule has 2 rings (SSSR count). The number of nitrogens with zero attached hydrogens (tertiary/aromatic N) is 2. The van der Waals surface area contributed by atoms with Gasteiger partial charge in [0.25, 0.3) is 0 Å². The van der Waals surface area contributed by atoms with E-state index in [-0.39, 0.29) is 12.3 Å². The van der Waals surface area contributed by atoms with E-state index in [1.54, 1.807) is 18.3 Å². The maximum absolute atomic E-state index is 13.3. The number of hydrogen-bond acceptors (Lipinski definition) is 4. The van der Waals surface area contributed by atoms with Crippen LogP contribution in [0.2, 0.25) is 0 Å². The molecular weight excluding hydrogens is 359 g/mol. The molecule has 0 bridgehead atoms. The van der Waals surface area contributed by atoms with E-state index in [2.05, 4.69) is 27.2 Å². The van der Waals surface area contributed by atoms with E-state index in [1.165, 1.54) is 6.20 Å². The van der Waals surface area contributed by atoms with E-state index in [4.69, 9.17) is 0 Å². The van der Waals surface area contributed by atoms with Gasteiger partial charge in [-0.1, -0.05) is 30.9 Å². The van der Waals surface area contributed by atoms with Crippen LogP contribution >= 0.6 is 0 Å². The summed E-state index contributed by atoms with van der Waals surface area (Å²) in [5.41, 5.74) is 2.94. The molecule has 0 aromatic carbocycles. The van der Waals surface area contributed by atoms with Crippen LogP contribution in [0.25, 0.3) is 0 Å². The Kier molecular flexibility index (Phi) is 8.05. The summed E-state index contributed by atoms with van der Waals surface area (Å²) in [5, 5.41) is 14.5. The smallest absolute Gasteiger partial charge is 0.323 e. The molecule has 3 N–H and O–H groups in total. The average Bonchev–Trinajstić information content (AvgIpc) is 2.68. The number of carbonyl (C=O) groups is 1. The molecule has 2 aromatic rings. The zero-order valence-corrected chi connectivity index (χ0v) is 15.7. The van der Waals surface area contributed by atoms with Crippen molar-refractivity contribution in [3.05, 3.63) is 84.3 Å². The maximum atomic E-state index is 13.3. The molecule has 0 atom stereocenters. The molecule has 0 saturated heterocycles. The molecule has 2 amide bonds. The first-order valence-corrected chi connectivity index (χ1v) is 8.78. The molecule has 28 heavy (non-hydrogen) atoms. The predicted octanol–water partition coefficient (Wildman–Crippen LogP) is 4.37. The van der Waals surface area contributed by atoms with Crippen molar-refractivity contribution in [2.45, 2.75) is 26.4 Å². The zero-order valence-electron chi connectivity index (χ0n) is 15.7. The van der Waals surface area contributed by atoms with Crippen molar-refractivity contribution in [2.24, 2.45) is 0 Å². The van der Waals surface area contributed by atoms with Gasteiger partial charge >= 0.3 is 6.03 Å². The van der Waals surface area contributed by atoms with Crippen molar-refractivity contribution in [3.8, 4) is 0 Å². The van der Waals surface area contributed by atoms with E-state index >= 15 is 0 Å². The van der Waals surface area contributed by atoms with Crippen LogP contribution in [0.4, 0.5) is 20.6 Å². The predicted molar refractivity (Wildman–Crippen MR) is 108 cm³/mol. The molecule has 0 fully saturated rings. The lowest BCUT2D eigenvalue weighted by atomic mass is 10.1. The van der Waals surface area contributed by atoms with E-state index in [9.17, 15) is 14.3 Å². The van der Waals surface area contributed by atoms with Gasteiger partial charge in [0, 0.05) is 35.4 Å². The van der Waals surface area contributed by atoms with Crippen LogP contribution in [-0.4, -0.2) is 21.1 Å². The van der Waals surface area contributed by atoms with Crippen LogP contribution in [0.1, 0.15) is 24.6 Å². The largest absolute Gasteiger partial charge is 0.392 e. The van der Waals surface area contributed by atoms with E-state index in [0.29, 0.717) is 17.7 Å². The minimum Gasteiger partial charge on any atom is -0.392 e. The third-order valence-corrected chi connectivity index (χ3v) is 3.88. The second-order valence-corrected chi connectivity index (χ2v) is 5.91. The van der Waals surface area contributed by atoms with Crippen LogP contribution in [-0.2, 0) is 13.0 Å². The lowest BCUT2D eigenvalue weighted by Gasteiger charge is -2.11. The average molecular weight is 382 g/mol. The molecular formula is C21H23FN4O2. The number of hydrogen-bond donors (Lipinski definition) is 3. The van der Waals surface area contributed by atoms with E-state index < -0.39 is 12.0 Å². The molecule has 0 aliphatic carbocycles. The third-order valence-electron chi connectivity index (χ3n) is 3.88. The monoisotopic (exact) mass is 382 g/mol. The summed E-state index contributed by atoms with van der Waals surface area (Å²) in [5.74, 6) is -0.748. The standard InChI is InChI=1S/C21H23FN4O2/c1-3-5-6-15(4-2)7-8-17-11-18(9-10-23-17)25-21(28)26-19-12-20(22)24-13-16(19)14-27/h3-6,9-13,27H,2,7-8,14H2,1H3,(H2,23,24,25,26,28)/b5-3-,15-6+. The summed E-state index contributed by atoms with van der Waals surface area (Å²) in [6.07, 6.45) is 11.9. The van der Waals surface area contributed by atoms with Gasteiger partial charge in [-0.05, 0) is 37.5 Å². The molecule has 0 spiro atoms. The van der Waals surface area contributed by atoms with Crippen molar-refractivity contribution < 1.29 is 14.3 Å². The molecule has 0 aliphatic rings. The van der Waals surface area contributed by atoms with Gasteiger partial charge in [0.05, 0.1) is 12.3 Å². The lowest BCUT2D eigenvalue weighted by molar-refractivity contribution is 0.262. The normalized spacial score (nSPS) is 11.5. The third kappa shape index (κ3) is 6.44. The number of anilines is 2. The van der Waals surface area contributed by atoms with Gasteiger partial charge in [0.1, 0.15) is 0 Å². The fourth-order valence-electron chi connectivity index (χ4n) is 2.42. The highest BCUT2D eigenvalue weighted by Gasteiger charge is 2.09. The SMILES string of the molecule is C=C/C(=C\C=C/C)CCc1cc(NC(=O)Nc2cc(F)ncc2CO)ccn1. The minimum absolute atomic E-state index is 0.159. The van der Waals surface area contributed by atoms with Crippen molar-refractivity contribution >= 4 is 17.4 Å². The minimum atomic E-state index is -0.748. The Morgan fingerprint density at radius 2 is 2.14 bits per heavy atom. The molecule has 0 radical (unpaired) electrons. The number of aryl methyl sites for hydroxylation is 1. The highest BCUT2D eigenvalue weighted by molar-refractivity contribution is 6.00. The summed E-state index contributed by atoms with van der Waals surface area (Å²) in [4.78, 5) is 20.0. The number of aromatic nitrogens is 2. The van der Waals surface area contributed by atoms with Crippen LogP contribution in [0.15, 0.2) is 67.0 Å². The Morgan fingerprint density at radius 1 is 1.32 bits per heavy atom. The molecule has 0 unspecified atom stereocenters. The van der Waals surface area contributed by atoms with Crippen molar-refractivity contribution in [1.29, 1.82) is 0 Å². The van der Waals surface area contributed by atoms with Crippen LogP contribution in [0, 0.1) is 5.95 Å². The first kappa shape index (κ1) is 21.0. The molecule has 2 aromatic heterocycles. The number of halogens is 1. The van der Waals surface area contributed by atoms with Crippen molar-refractivity contribution in [2.75, 3.05) is 10.6 Å². The van der Waals surface area contributed by atoms with Crippen LogP contribution in [0.5, 0.6) is 0 Å². The number of nitrogens with one attached hydrogen (secondary N) is 2.